The molecule has 0 heterocycles. The van der Waals surface area contributed by atoms with Crippen molar-refractivity contribution in [2.45, 2.75) is 13.8 Å². The summed E-state index contributed by atoms with van der Waals surface area (Å²) in [7, 11) is 3.26. The van der Waals surface area contributed by atoms with Gasteiger partial charge in [0.15, 0.2) is 0 Å². The van der Waals surface area contributed by atoms with Gasteiger partial charge in [-0.2, -0.15) is 0 Å². The van der Waals surface area contributed by atoms with Gasteiger partial charge in [0.05, 0.1) is 25.6 Å². The van der Waals surface area contributed by atoms with Crippen LogP contribution in [-0.2, 0) is 9.68 Å². The Labute approximate surface area is 147 Å². The summed E-state index contributed by atoms with van der Waals surface area (Å²) in [5, 5.41) is 8.01. The lowest BCUT2D eigenvalue weighted by molar-refractivity contribution is -0.0505. The van der Waals surface area contributed by atoms with Crippen LogP contribution in [0.5, 0.6) is 11.5 Å². The zero-order valence-electron chi connectivity index (χ0n) is 14.9. The van der Waals surface area contributed by atoms with Gasteiger partial charge in [-0.3, -0.25) is 0 Å². The molecule has 0 aliphatic heterocycles. The molecule has 2 aromatic rings. The fourth-order valence-corrected chi connectivity index (χ4v) is 2.04. The van der Waals surface area contributed by atoms with Crippen LogP contribution in [0.3, 0.4) is 0 Å². The summed E-state index contributed by atoms with van der Waals surface area (Å²) in [4.78, 5) is 10.3. The van der Waals surface area contributed by atoms with Crippen LogP contribution < -0.4 is 9.47 Å². The van der Waals surface area contributed by atoms with E-state index in [1.54, 1.807) is 14.2 Å². The molecule has 6 nitrogen and oxygen atoms in total. The Morgan fingerprint density at radius 3 is 1.36 bits per heavy atom. The predicted octanol–water partition coefficient (Wildman–Crippen LogP) is 3.84. The second-order valence-corrected chi connectivity index (χ2v) is 5.19. The first-order valence-corrected chi connectivity index (χ1v) is 7.76. The average molecular weight is 342 g/mol. The van der Waals surface area contributed by atoms with Crippen molar-refractivity contribution >= 4 is 11.4 Å². The van der Waals surface area contributed by atoms with E-state index in [-0.39, 0.29) is 6.79 Å². The zero-order chi connectivity index (χ0) is 18.1. The highest BCUT2D eigenvalue weighted by Crippen LogP contribution is 2.13. The Kier molecular flexibility index (Phi) is 6.83. The summed E-state index contributed by atoms with van der Waals surface area (Å²) in [6.45, 7) is 3.64. The minimum absolute atomic E-state index is 0.0685. The molecule has 6 heteroatoms. The minimum atomic E-state index is -0.0685. The van der Waals surface area contributed by atoms with E-state index in [9.17, 15) is 0 Å². The third-order valence-electron chi connectivity index (χ3n) is 3.52. The van der Waals surface area contributed by atoms with Gasteiger partial charge in [-0.05, 0) is 73.5 Å². The molecule has 0 radical (unpaired) electrons. The number of methoxy groups -OCH3 is 2. The van der Waals surface area contributed by atoms with Gasteiger partial charge >= 0.3 is 0 Å². The van der Waals surface area contributed by atoms with Gasteiger partial charge in [0.25, 0.3) is 6.79 Å². The molecule has 0 aliphatic carbocycles. The molecular formula is C19H22N2O4. The Bertz CT molecular complexity index is 659. The Hall–Kier alpha value is -3.02. The van der Waals surface area contributed by atoms with Crippen LogP contribution in [0.4, 0.5) is 0 Å². The molecule has 0 N–H and O–H groups in total. The van der Waals surface area contributed by atoms with Crippen LogP contribution >= 0.6 is 0 Å². The van der Waals surface area contributed by atoms with Crippen LogP contribution in [0.25, 0.3) is 0 Å². The van der Waals surface area contributed by atoms with E-state index in [1.165, 1.54) is 0 Å². The van der Waals surface area contributed by atoms with E-state index in [0.29, 0.717) is 0 Å². The third-order valence-corrected chi connectivity index (χ3v) is 3.52. The molecule has 0 atom stereocenters. The molecule has 0 bridgehead atoms. The molecule has 0 saturated carbocycles. The van der Waals surface area contributed by atoms with Gasteiger partial charge in [0, 0.05) is 0 Å². The normalized spacial score (nSPS) is 11.8. The fraction of sp³-hybridized carbons (Fsp3) is 0.263. The maximum atomic E-state index is 5.14. The lowest BCUT2D eigenvalue weighted by atomic mass is 10.1. The first-order valence-electron chi connectivity index (χ1n) is 7.76. The summed E-state index contributed by atoms with van der Waals surface area (Å²) < 4.78 is 10.2. The van der Waals surface area contributed by atoms with Crippen molar-refractivity contribution in [2.75, 3.05) is 21.0 Å². The van der Waals surface area contributed by atoms with Gasteiger partial charge in [0.1, 0.15) is 11.5 Å². The third kappa shape index (κ3) is 5.53. The number of rotatable bonds is 8. The van der Waals surface area contributed by atoms with Crippen molar-refractivity contribution in [3.05, 3.63) is 59.7 Å². The van der Waals surface area contributed by atoms with Gasteiger partial charge < -0.3 is 19.1 Å². The van der Waals surface area contributed by atoms with Gasteiger partial charge in [-0.1, -0.05) is 10.3 Å². The standard InChI is InChI=1S/C19H22N2O4/c1-14(16-5-9-18(22-3)10-6-16)20-24-13-25-21-15(2)17-7-11-19(23-4)12-8-17/h5-12H,13H2,1-4H3. The summed E-state index contributed by atoms with van der Waals surface area (Å²) in [5.74, 6) is 1.59. The van der Waals surface area contributed by atoms with Crippen LogP contribution in [0.2, 0.25) is 0 Å². The molecule has 0 aliphatic rings. The monoisotopic (exact) mass is 342 g/mol. The van der Waals surface area contributed by atoms with Gasteiger partial charge in [0.2, 0.25) is 0 Å². The summed E-state index contributed by atoms with van der Waals surface area (Å²) in [6, 6.07) is 15.1. The zero-order valence-corrected chi connectivity index (χ0v) is 14.9. The number of hydrogen-bond donors (Lipinski definition) is 0. The molecule has 2 rings (SSSR count). The summed E-state index contributed by atoms with van der Waals surface area (Å²) >= 11 is 0. The van der Waals surface area contributed by atoms with Gasteiger partial charge in [-0.25, -0.2) is 0 Å². The van der Waals surface area contributed by atoms with Crippen LogP contribution in [0.15, 0.2) is 58.8 Å². The van der Waals surface area contributed by atoms with E-state index in [0.717, 1.165) is 34.0 Å². The largest absolute Gasteiger partial charge is 0.497 e. The average Bonchev–Trinajstić information content (AvgIpc) is 2.67. The molecule has 0 unspecified atom stereocenters. The molecule has 0 fully saturated rings. The summed E-state index contributed by atoms with van der Waals surface area (Å²) in [5.41, 5.74) is 3.36. The smallest absolute Gasteiger partial charge is 0.280 e. The minimum Gasteiger partial charge on any atom is -0.497 e. The highest BCUT2D eigenvalue weighted by Gasteiger charge is 2.00. The molecule has 132 valence electrons. The maximum Gasteiger partial charge on any atom is 0.280 e. The fourth-order valence-electron chi connectivity index (χ4n) is 2.04. The van der Waals surface area contributed by atoms with E-state index in [4.69, 9.17) is 19.1 Å². The lowest BCUT2D eigenvalue weighted by Crippen LogP contribution is -2.00. The van der Waals surface area contributed by atoms with Crippen LogP contribution in [-0.4, -0.2) is 32.4 Å². The second-order valence-electron chi connectivity index (χ2n) is 5.19. The van der Waals surface area contributed by atoms with Crippen molar-refractivity contribution in [3.63, 3.8) is 0 Å². The second kappa shape index (κ2) is 9.32. The summed E-state index contributed by atoms with van der Waals surface area (Å²) in [6.07, 6.45) is 0. The molecular weight excluding hydrogens is 320 g/mol. The SMILES string of the molecule is COc1ccc(C(C)=NOCON=C(C)c2ccc(OC)cc2)cc1. The number of oxime groups is 2. The lowest BCUT2D eigenvalue weighted by Gasteiger charge is -2.05. The van der Waals surface area contributed by atoms with E-state index in [1.807, 2.05) is 62.4 Å². The number of nitrogens with zero attached hydrogens (tertiary/aromatic N) is 2. The highest BCUT2D eigenvalue weighted by atomic mass is 16.8. The van der Waals surface area contributed by atoms with E-state index in [2.05, 4.69) is 10.3 Å². The Morgan fingerprint density at radius 2 is 1.04 bits per heavy atom. The number of hydrogen-bond acceptors (Lipinski definition) is 6. The maximum absolute atomic E-state index is 5.14. The first-order chi connectivity index (χ1) is 12.1. The Morgan fingerprint density at radius 1 is 0.680 bits per heavy atom. The Balaban J connectivity index is 1.82. The topological polar surface area (TPSA) is 61.6 Å². The van der Waals surface area contributed by atoms with Gasteiger partial charge in [-0.15, -0.1) is 0 Å². The van der Waals surface area contributed by atoms with Crippen molar-refractivity contribution in [3.8, 4) is 11.5 Å². The number of benzene rings is 2. The first kappa shape index (κ1) is 18.3. The molecule has 0 amide bonds. The molecule has 2 aromatic carbocycles. The molecule has 25 heavy (non-hydrogen) atoms. The van der Waals surface area contributed by atoms with Crippen molar-refractivity contribution in [2.24, 2.45) is 10.3 Å². The predicted molar refractivity (Wildman–Crippen MR) is 97.4 cm³/mol. The molecule has 0 aromatic heterocycles. The van der Waals surface area contributed by atoms with Crippen molar-refractivity contribution in [1.29, 1.82) is 0 Å². The van der Waals surface area contributed by atoms with Crippen LogP contribution in [0, 0.1) is 0 Å². The van der Waals surface area contributed by atoms with Crippen molar-refractivity contribution in [1.82, 2.24) is 0 Å². The highest BCUT2D eigenvalue weighted by molar-refractivity contribution is 5.98. The van der Waals surface area contributed by atoms with E-state index >= 15 is 0 Å². The molecule has 0 saturated heterocycles. The van der Waals surface area contributed by atoms with E-state index < -0.39 is 0 Å². The number of ether oxygens (including phenoxy) is 2. The van der Waals surface area contributed by atoms with Crippen LogP contribution in [0.1, 0.15) is 25.0 Å². The quantitative estimate of drug-likeness (QED) is 0.316. The molecule has 0 spiro atoms. The van der Waals surface area contributed by atoms with Crippen molar-refractivity contribution < 1.29 is 19.1 Å².